The van der Waals surface area contributed by atoms with Gasteiger partial charge in [0.1, 0.15) is 11.2 Å². The molecule has 3 aromatic rings. The highest BCUT2D eigenvalue weighted by atomic mass is 19.4. The van der Waals surface area contributed by atoms with Gasteiger partial charge >= 0.3 is 12.2 Å². The lowest BCUT2D eigenvalue weighted by Crippen LogP contribution is -2.67. The molecule has 1 aliphatic heterocycles. The number of amides is 3. The fourth-order valence-corrected chi connectivity index (χ4v) is 5.15. The number of benzene rings is 1. The Bertz CT molecular complexity index is 1260. The van der Waals surface area contributed by atoms with Crippen LogP contribution in [0.1, 0.15) is 41.3 Å². The topological polar surface area (TPSA) is 83.7 Å². The average molecular weight is 474 g/mol. The molecule has 1 aliphatic carbocycles. The number of halogens is 3. The first-order chi connectivity index (χ1) is 16.1. The molecule has 2 N–H and O–H groups in total. The van der Waals surface area contributed by atoms with Gasteiger partial charge in [-0.05, 0) is 37.0 Å². The van der Waals surface area contributed by atoms with Crippen molar-refractivity contribution in [2.75, 3.05) is 18.4 Å². The van der Waals surface area contributed by atoms with Gasteiger partial charge in [-0.2, -0.15) is 18.3 Å². The molecule has 8 nitrogen and oxygen atoms in total. The van der Waals surface area contributed by atoms with Gasteiger partial charge in [0, 0.05) is 49.7 Å². The van der Waals surface area contributed by atoms with E-state index in [2.05, 4.69) is 15.7 Å². The van der Waals surface area contributed by atoms with Gasteiger partial charge in [-0.1, -0.05) is 13.0 Å². The van der Waals surface area contributed by atoms with Crippen LogP contribution in [-0.4, -0.2) is 50.2 Å². The fraction of sp³-hybridized carbons (Fsp3) is 0.435. The molecule has 3 amide bonds. The minimum Gasteiger partial charge on any atom is -0.337 e. The van der Waals surface area contributed by atoms with Crippen LogP contribution in [0.15, 0.2) is 36.8 Å². The molecular formula is C23H25F3N6O2. The molecule has 11 heteroatoms. The van der Waals surface area contributed by atoms with Crippen LogP contribution >= 0.6 is 0 Å². The van der Waals surface area contributed by atoms with Gasteiger partial charge in [-0.3, -0.25) is 4.79 Å². The molecular weight excluding hydrogens is 449 g/mol. The Morgan fingerprint density at radius 1 is 1.21 bits per heavy atom. The second kappa shape index (κ2) is 7.78. The minimum absolute atomic E-state index is 0.0150. The van der Waals surface area contributed by atoms with Crippen LogP contribution in [-0.2, 0) is 19.6 Å². The van der Waals surface area contributed by atoms with E-state index in [-0.39, 0.29) is 23.1 Å². The molecule has 180 valence electrons. The molecule has 1 saturated heterocycles. The molecule has 2 fully saturated rings. The summed E-state index contributed by atoms with van der Waals surface area (Å²) in [6, 6.07) is 2.78. The number of rotatable bonds is 4. The molecule has 2 aliphatic rings. The van der Waals surface area contributed by atoms with Crippen LogP contribution < -0.4 is 10.6 Å². The molecule has 1 spiro atoms. The number of fused-ring (bicyclic) bond motifs is 1. The molecule has 1 saturated carbocycles. The van der Waals surface area contributed by atoms with Crippen molar-refractivity contribution in [3.8, 4) is 0 Å². The second-order valence-corrected chi connectivity index (χ2v) is 9.32. The van der Waals surface area contributed by atoms with Gasteiger partial charge in [-0.25, -0.2) is 9.31 Å². The normalized spacial score (nSPS) is 17.5. The molecule has 0 radical (unpaired) electrons. The summed E-state index contributed by atoms with van der Waals surface area (Å²) < 4.78 is 42.6. The van der Waals surface area contributed by atoms with Crippen molar-refractivity contribution in [1.82, 2.24) is 24.4 Å². The van der Waals surface area contributed by atoms with Crippen LogP contribution in [0, 0.1) is 5.41 Å². The molecule has 2 aromatic heterocycles. The average Bonchev–Trinajstić information content (AvgIpc) is 3.30. The summed E-state index contributed by atoms with van der Waals surface area (Å²) in [7, 11) is 1.86. The van der Waals surface area contributed by atoms with Crippen molar-refractivity contribution in [1.29, 1.82) is 0 Å². The maximum absolute atomic E-state index is 13.0. The zero-order valence-corrected chi connectivity index (χ0v) is 18.8. The van der Waals surface area contributed by atoms with Gasteiger partial charge < -0.3 is 20.1 Å². The number of nitrogens with zero attached hydrogens (tertiary/aromatic N) is 4. The van der Waals surface area contributed by atoms with Gasteiger partial charge in [0.25, 0.3) is 5.91 Å². The van der Waals surface area contributed by atoms with E-state index in [9.17, 15) is 22.8 Å². The van der Waals surface area contributed by atoms with Crippen molar-refractivity contribution >= 4 is 23.3 Å². The lowest BCUT2D eigenvalue weighted by molar-refractivity contribution is -0.137. The van der Waals surface area contributed by atoms with E-state index in [0.717, 1.165) is 30.6 Å². The quantitative estimate of drug-likeness (QED) is 0.605. The Labute approximate surface area is 193 Å². The standard InChI is InChI=1S/C23H25F3N6O2/c1-3-14-4-5-15(23(24,25)26)8-18(14)29-21(34)28-16-9-22(10-16)12-31(13-22)20(33)17-11-27-32-7-6-30(2)19(17)32/h4-8,11,16H,3,9-10,12-13H2,1-2H3,(H2,28,29,34). The minimum atomic E-state index is -4.48. The number of aryl methyl sites for hydroxylation is 2. The highest BCUT2D eigenvalue weighted by Gasteiger charge is 2.54. The Balaban J connectivity index is 1.15. The summed E-state index contributed by atoms with van der Waals surface area (Å²) in [5.41, 5.74) is 1.29. The number of urea groups is 1. The lowest BCUT2D eigenvalue weighted by Gasteiger charge is -2.58. The Morgan fingerprint density at radius 2 is 1.94 bits per heavy atom. The monoisotopic (exact) mass is 474 g/mol. The molecule has 5 rings (SSSR count). The smallest absolute Gasteiger partial charge is 0.337 e. The molecule has 0 unspecified atom stereocenters. The van der Waals surface area contributed by atoms with Crippen molar-refractivity contribution in [2.45, 2.75) is 38.4 Å². The summed E-state index contributed by atoms with van der Waals surface area (Å²) in [5.74, 6) is -0.0618. The number of hydrogen-bond donors (Lipinski definition) is 2. The van der Waals surface area contributed by atoms with Crippen molar-refractivity contribution < 1.29 is 22.8 Å². The number of anilines is 1. The van der Waals surface area contributed by atoms with Gasteiger partial charge in [-0.15, -0.1) is 0 Å². The van der Waals surface area contributed by atoms with E-state index in [0.29, 0.717) is 30.6 Å². The maximum atomic E-state index is 13.0. The lowest BCUT2D eigenvalue weighted by atomic mass is 9.60. The first kappa shape index (κ1) is 22.3. The maximum Gasteiger partial charge on any atom is 0.416 e. The number of likely N-dealkylation sites (tertiary alicyclic amines) is 1. The summed E-state index contributed by atoms with van der Waals surface area (Å²) >= 11 is 0. The molecule has 34 heavy (non-hydrogen) atoms. The van der Waals surface area contributed by atoms with Crippen molar-refractivity contribution in [3.63, 3.8) is 0 Å². The Kier molecular flexibility index (Phi) is 5.10. The number of carbonyl (C=O) groups is 2. The van der Waals surface area contributed by atoms with E-state index in [1.165, 1.54) is 6.07 Å². The molecule has 0 atom stereocenters. The predicted octanol–water partition coefficient (Wildman–Crippen LogP) is 3.68. The number of alkyl halides is 3. The van der Waals surface area contributed by atoms with Crippen LogP contribution in [0.25, 0.3) is 5.65 Å². The molecule has 3 heterocycles. The van der Waals surface area contributed by atoms with E-state index in [1.807, 2.05) is 24.7 Å². The zero-order chi connectivity index (χ0) is 24.3. The Morgan fingerprint density at radius 3 is 2.62 bits per heavy atom. The van der Waals surface area contributed by atoms with Crippen LogP contribution in [0.4, 0.5) is 23.7 Å². The third-order valence-corrected chi connectivity index (χ3v) is 6.87. The third-order valence-electron chi connectivity index (χ3n) is 6.87. The van der Waals surface area contributed by atoms with Crippen molar-refractivity contribution in [2.24, 2.45) is 12.5 Å². The van der Waals surface area contributed by atoms with Gasteiger partial charge in [0.05, 0.1) is 11.8 Å². The van der Waals surface area contributed by atoms with Gasteiger partial charge in [0.2, 0.25) is 0 Å². The largest absolute Gasteiger partial charge is 0.416 e. The van der Waals surface area contributed by atoms with E-state index < -0.39 is 17.8 Å². The number of carbonyl (C=O) groups excluding carboxylic acids is 2. The first-order valence-corrected chi connectivity index (χ1v) is 11.1. The van der Waals surface area contributed by atoms with E-state index >= 15 is 0 Å². The number of imidazole rings is 1. The first-order valence-electron chi connectivity index (χ1n) is 11.1. The van der Waals surface area contributed by atoms with Crippen LogP contribution in [0.3, 0.4) is 0 Å². The van der Waals surface area contributed by atoms with Crippen LogP contribution in [0.5, 0.6) is 0 Å². The van der Waals surface area contributed by atoms with Gasteiger partial charge in [0.15, 0.2) is 0 Å². The molecule has 0 bridgehead atoms. The fourth-order valence-electron chi connectivity index (χ4n) is 5.15. The summed E-state index contributed by atoms with van der Waals surface area (Å²) in [4.78, 5) is 27.1. The van der Waals surface area contributed by atoms with Crippen LogP contribution in [0.2, 0.25) is 0 Å². The Hall–Kier alpha value is -3.50. The highest BCUT2D eigenvalue weighted by Crippen LogP contribution is 2.48. The summed E-state index contributed by atoms with van der Waals surface area (Å²) in [6.07, 6.45) is 2.68. The predicted molar refractivity (Wildman–Crippen MR) is 118 cm³/mol. The number of aromatic nitrogens is 3. The SMILES string of the molecule is CCc1ccc(C(F)(F)F)cc1NC(=O)NC1CC2(C1)CN(C(=O)c1cnn3ccn(C)c13)C2. The second-order valence-electron chi connectivity index (χ2n) is 9.32. The zero-order valence-electron chi connectivity index (χ0n) is 18.8. The van der Waals surface area contributed by atoms with Crippen molar-refractivity contribution in [3.05, 3.63) is 53.5 Å². The number of hydrogen-bond acceptors (Lipinski definition) is 3. The highest BCUT2D eigenvalue weighted by molar-refractivity contribution is 6.00. The third kappa shape index (κ3) is 3.78. The van der Waals surface area contributed by atoms with E-state index in [1.54, 1.807) is 21.8 Å². The summed E-state index contributed by atoms with van der Waals surface area (Å²) in [6.45, 7) is 3.04. The number of nitrogens with one attached hydrogen (secondary N) is 2. The van der Waals surface area contributed by atoms with E-state index in [4.69, 9.17) is 0 Å². The summed E-state index contributed by atoms with van der Waals surface area (Å²) in [5, 5.41) is 9.64. The molecule has 1 aromatic carbocycles.